The van der Waals surface area contributed by atoms with Gasteiger partial charge in [-0.2, -0.15) is 0 Å². The molecule has 1 aromatic carbocycles. The Bertz CT molecular complexity index is 269. The van der Waals surface area contributed by atoms with Crippen molar-refractivity contribution in [2.75, 3.05) is 7.11 Å². The van der Waals surface area contributed by atoms with E-state index in [9.17, 15) is 4.79 Å². The van der Waals surface area contributed by atoms with Crippen molar-refractivity contribution in [1.29, 1.82) is 0 Å². The first-order chi connectivity index (χ1) is 6.70. The van der Waals surface area contributed by atoms with Crippen LogP contribution < -0.4 is 0 Å². The molecule has 0 radical (unpaired) electrons. The van der Waals surface area contributed by atoms with E-state index >= 15 is 0 Å². The summed E-state index contributed by atoms with van der Waals surface area (Å²) in [4.78, 5) is 19.1. The summed E-state index contributed by atoms with van der Waals surface area (Å²) in [6, 6.07) is 9.68. The monoisotopic (exact) mass is 196 g/mol. The Morgan fingerprint density at radius 3 is 2.29 bits per heavy atom. The molecular formula is C10H12O4. The average molecular weight is 196 g/mol. The van der Waals surface area contributed by atoms with E-state index in [0.717, 1.165) is 19.0 Å². The van der Waals surface area contributed by atoms with Crippen molar-refractivity contribution < 1.29 is 19.4 Å². The van der Waals surface area contributed by atoms with E-state index in [4.69, 9.17) is 9.90 Å². The van der Waals surface area contributed by atoms with E-state index in [1.165, 1.54) is 0 Å². The molecule has 0 aliphatic carbocycles. The average Bonchev–Trinajstić information content (AvgIpc) is 2.21. The number of benzene rings is 1. The fraction of sp³-hybridized carbons (Fsp3) is 0.200. The van der Waals surface area contributed by atoms with Crippen LogP contribution in [0.4, 0.5) is 4.79 Å². The summed E-state index contributed by atoms with van der Waals surface area (Å²) in [5, 5.41) is 7.50. The quantitative estimate of drug-likeness (QED) is 0.578. The van der Waals surface area contributed by atoms with Crippen molar-refractivity contribution in [1.82, 2.24) is 0 Å². The SMILES string of the molecule is COC(=O)O.O=CCc1ccccc1. The fourth-order valence-corrected chi connectivity index (χ4v) is 0.710. The number of carbonyl (C=O) groups excluding carboxylic acids is 1. The minimum atomic E-state index is -1.25. The van der Waals surface area contributed by atoms with Gasteiger partial charge in [0.05, 0.1) is 7.11 Å². The smallest absolute Gasteiger partial charge is 0.450 e. The van der Waals surface area contributed by atoms with E-state index in [-0.39, 0.29) is 0 Å². The van der Waals surface area contributed by atoms with Gasteiger partial charge in [0, 0.05) is 6.42 Å². The van der Waals surface area contributed by atoms with E-state index in [2.05, 4.69) is 4.74 Å². The highest BCUT2D eigenvalue weighted by Crippen LogP contribution is 1.96. The molecule has 4 heteroatoms. The highest BCUT2D eigenvalue weighted by molar-refractivity contribution is 5.56. The van der Waals surface area contributed by atoms with Crippen molar-refractivity contribution in [2.45, 2.75) is 6.42 Å². The molecule has 1 N–H and O–H groups in total. The van der Waals surface area contributed by atoms with Gasteiger partial charge in [0.15, 0.2) is 0 Å². The minimum Gasteiger partial charge on any atom is -0.450 e. The Labute approximate surface area is 82.1 Å². The maximum atomic E-state index is 9.97. The molecule has 0 saturated carbocycles. The standard InChI is InChI=1S/C8H8O.C2H4O3/c9-7-6-8-4-2-1-3-5-8;1-5-2(3)4/h1-5,7H,6H2;1H3,(H,3,4). The van der Waals surface area contributed by atoms with E-state index in [0.29, 0.717) is 6.42 Å². The van der Waals surface area contributed by atoms with Crippen molar-refractivity contribution in [3.63, 3.8) is 0 Å². The van der Waals surface area contributed by atoms with Crippen molar-refractivity contribution in [3.8, 4) is 0 Å². The Hall–Kier alpha value is -1.84. The fourth-order valence-electron chi connectivity index (χ4n) is 0.710. The zero-order valence-corrected chi connectivity index (χ0v) is 7.84. The van der Waals surface area contributed by atoms with Gasteiger partial charge in [-0.05, 0) is 5.56 Å². The maximum absolute atomic E-state index is 9.97. The Kier molecular flexibility index (Phi) is 6.77. The van der Waals surface area contributed by atoms with Crippen LogP contribution in [0.2, 0.25) is 0 Å². The van der Waals surface area contributed by atoms with Gasteiger partial charge in [0.25, 0.3) is 0 Å². The summed E-state index contributed by atoms with van der Waals surface area (Å²) in [5.41, 5.74) is 1.08. The third kappa shape index (κ3) is 6.84. The van der Waals surface area contributed by atoms with Crippen LogP contribution in [-0.4, -0.2) is 24.7 Å². The van der Waals surface area contributed by atoms with Crippen molar-refractivity contribution in [3.05, 3.63) is 35.9 Å². The minimum absolute atomic E-state index is 0.529. The van der Waals surface area contributed by atoms with Gasteiger partial charge in [-0.3, -0.25) is 0 Å². The number of ether oxygens (including phenoxy) is 1. The van der Waals surface area contributed by atoms with E-state index < -0.39 is 6.16 Å². The second kappa shape index (κ2) is 7.79. The third-order valence-corrected chi connectivity index (χ3v) is 1.34. The number of carboxylic acid groups (broad SMARTS) is 1. The number of hydrogen-bond donors (Lipinski definition) is 1. The Balaban J connectivity index is 0.000000292. The molecule has 0 spiro atoms. The molecule has 0 saturated heterocycles. The lowest BCUT2D eigenvalue weighted by molar-refractivity contribution is -0.107. The molecule has 0 bridgehead atoms. The zero-order valence-electron chi connectivity index (χ0n) is 7.84. The Morgan fingerprint density at radius 2 is 1.93 bits per heavy atom. The van der Waals surface area contributed by atoms with Crippen LogP contribution in [-0.2, 0) is 16.0 Å². The van der Waals surface area contributed by atoms with Crippen LogP contribution in [0.15, 0.2) is 30.3 Å². The molecule has 1 aromatic rings. The molecule has 4 nitrogen and oxygen atoms in total. The summed E-state index contributed by atoms with van der Waals surface area (Å²) in [5.74, 6) is 0. The lowest BCUT2D eigenvalue weighted by Crippen LogP contribution is -1.91. The summed E-state index contributed by atoms with van der Waals surface area (Å²) >= 11 is 0. The van der Waals surface area contributed by atoms with Gasteiger partial charge in [0.1, 0.15) is 6.29 Å². The largest absolute Gasteiger partial charge is 0.505 e. The van der Waals surface area contributed by atoms with Gasteiger partial charge >= 0.3 is 6.16 Å². The van der Waals surface area contributed by atoms with Crippen LogP contribution in [0.5, 0.6) is 0 Å². The summed E-state index contributed by atoms with van der Waals surface area (Å²) < 4.78 is 3.67. The zero-order chi connectivity index (χ0) is 10.8. The second-order valence-corrected chi connectivity index (χ2v) is 2.33. The van der Waals surface area contributed by atoms with Crippen LogP contribution in [0, 0.1) is 0 Å². The molecule has 0 amide bonds. The summed E-state index contributed by atoms with van der Waals surface area (Å²) in [6.45, 7) is 0. The predicted octanol–water partition coefficient (Wildman–Crippen LogP) is 1.74. The maximum Gasteiger partial charge on any atom is 0.505 e. The molecule has 1 rings (SSSR count). The van der Waals surface area contributed by atoms with Gasteiger partial charge in [-0.1, -0.05) is 30.3 Å². The first-order valence-electron chi connectivity index (χ1n) is 3.95. The summed E-state index contributed by atoms with van der Waals surface area (Å²) in [7, 11) is 1.10. The number of carbonyl (C=O) groups is 2. The number of rotatable bonds is 2. The van der Waals surface area contributed by atoms with Crippen molar-refractivity contribution in [2.24, 2.45) is 0 Å². The first kappa shape index (κ1) is 12.2. The predicted molar refractivity (Wildman–Crippen MR) is 51.2 cm³/mol. The van der Waals surface area contributed by atoms with Crippen LogP contribution in [0.1, 0.15) is 5.56 Å². The van der Waals surface area contributed by atoms with Gasteiger partial charge in [0.2, 0.25) is 0 Å². The normalized spacial score (nSPS) is 8.07. The topological polar surface area (TPSA) is 63.6 Å². The van der Waals surface area contributed by atoms with E-state index in [1.807, 2.05) is 30.3 Å². The van der Waals surface area contributed by atoms with Gasteiger partial charge in [-0.25, -0.2) is 4.79 Å². The highest BCUT2D eigenvalue weighted by Gasteiger charge is 1.84. The lowest BCUT2D eigenvalue weighted by Gasteiger charge is -1.89. The molecule has 14 heavy (non-hydrogen) atoms. The third-order valence-electron chi connectivity index (χ3n) is 1.34. The van der Waals surface area contributed by atoms with Crippen LogP contribution in [0.25, 0.3) is 0 Å². The first-order valence-corrected chi connectivity index (χ1v) is 3.95. The van der Waals surface area contributed by atoms with Crippen molar-refractivity contribution >= 4 is 12.4 Å². The van der Waals surface area contributed by atoms with E-state index in [1.54, 1.807) is 0 Å². The number of aldehydes is 1. The molecule has 0 aliphatic heterocycles. The molecular weight excluding hydrogens is 184 g/mol. The second-order valence-electron chi connectivity index (χ2n) is 2.33. The van der Waals surface area contributed by atoms with Gasteiger partial charge < -0.3 is 14.6 Å². The molecule has 76 valence electrons. The molecule has 0 atom stereocenters. The molecule has 0 aromatic heterocycles. The molecule has 0 fully saturated rings. The van der Waals surface area contributed by atoms with Crippen LogP contribution >= 0.6 is 0 Å². The molecule has 0 heterocycles. The lowest BCUT2D eigenvalue weighted by atomic mass is 10.2. The number of hydrogen-bond acceptors (Lipinski definition) is 3. The Morgan fingerprint density at radius 1 is 1.43 bits per heavy atom. The number of methoxy groups -OCH3 is 1. The van der Waals surface area contributed by atoms with Crippen LogP contribution in [0.3, 0.4) is 0 Å². The highest BCUT2D eigenvalue weighted by atomic mass is 16.6. The molecule has 0 unspecified atom stereocenters. The molecule has 0 aliphatic rings. The van der Waals surface area contributed by atoms with Gasteiger partial charge in [-0.15, -0.1) is 0 Å². The summed E-state index contributed by atoms with van der Waals surface area (Å²) in [6.07, 6.45) is 0.195.